The van der Waals surface area contributed by atoms with Gasteiger partial charge in [0.25, 0.3) is 5.91 Å². The second-order valence-electron chi connectivity index (χ2n) is 5.69. The van der Waals surface area contributed by atoms with E-state index in [1.54, 1.807) is 0 Å². The van der Waals surface area contributed by atoms with Gasteiger partial charge < -0.3 is 10.5 Å². The van der Waals surface area contributed by atoms with Crippen molar-refractivity contribution in [3.63, 3.8) is 0 Å². The molecular weight excluding hydrogens is 325 g/mol. The summed E-state index contributed by atoms with van der Waals surface area (Å²) in [5.41, 5.74) is 12.7. The number of hydrogen-bond donors (Lipinski definition) is 3. The molecule has 25 heavy (non-hydrogen) atoms. The SMILES string of the molecule is Cc1cc(C)cc(OCC(=O)NNC(C(N)=O)c2ccc(F)cc2)c1. The summed E-state index contributed by atoms with van der Waals surface area (Å²) in [6.07, 6.45) is 0. The molecule has 7 heteroatoms. The molecular formula is C18H20FN3O3. The van der Waals surface area contributed by atoms with Gasteiger partial charge in [-0.15, -0.1) is 0 Å². The topological polar surface area (TPSA) is 93.4 Å². The quantitative estimate of drug-likeness (QED) is 0.666. The molecule has 6 nitrogen and oxygen atoms in total. The van der Waals surface area contributed by atoms with Crippen molar-refractivity contribution in [3.05, 3.63) is 65.0 Å². The highest BCUT2D eigenvalue weighted by Crippen LogP contribution is 2.16. The highest BCUT2D eigenvalue weighted by molar-refractivity contribution is 5.82. The number of nitrogens with one attached hydrogen (secondary N) is 2. The molecule has 0 radical (unpaired) electrons. The molecule has 2 aromatic carbocycles. The predicted octanol–water partition coefficient (Wildman–Crippen LogP) is 1.67. The lowest BCUT2D eigenvalue weighted by Gasteiger charge is -2.17. The van der Waals surface area contributed by atoms with Crippen molar-refractivity contribution in [2.75, 3.05) is 6.61 Å². The van der Waals surface area contributed by atoms with Crippen molar-refractivity contribution in [1.82, 2.24) is 10.9 Å². The van der Waals surface area contributed by atoms with E-state index >= 15 is 0 Å². The smallest absolute Gasteiger partial charge is 0.272 e. The minimum absolute atomic E-state index is 0.231. The summed E-state index contributed by atoms with van der Waals surface area (Å²) in [5, 5.41) is 0. The van der Waals surface area contributed by atoms with Crippen LogP contribution >= 0.6 is 0 Å². The Morgan fingerprint density at radius 1 is 1.12 bits per heavy atom. The average molecular weight is 345 g/mol. The molecule has 0 spiro atoms. The van der Waals surface area contributed by atoms with E-state index in [0.717, 1.165) is 11.1 Å². The molecule has 1 atom stereocenters. The third-order valence-electron chi connectivity index (χ3n) is 3.41. The van der Waals surface area contributed by atoms with Crippen LogP contribution in [0, 0.1) is 19.7 Å². The third kappa shape index (κ3) is 5.58. The zero-order valence-electron chi connectivity index (χ0n) is 14.0. The van der Waals surface area contributed by atoms with Crippen LogP contribution < -0.4 is 21.3 Å². The highest BCUT2D eigenvalue weighted by Gasteiger charge is 2.18. The molecule has 0 aliphatic carbocycles. The fourth-order valence-electron chi connectivity index (χ4n) is 2.33. The summed E-state index contributed by atoms with van der Waals surface area (Å²) in [4.78, 5) is 23.4. The number of halogens is 1. The van der Waals surface area contributed by atoms with E-state index in [9.17, 15) is 14.0 Å². The Balaban J connectivity index is 1.90. The normalized spacial score (nSPS) is 11.6. The zero-order valence-corrected chi connectivity index (χ0v) is 14.0. The Bertz CT molecular complexity index is 742. The number of benzene rings is 2. The first kappa shape index (κ1) is 18.4. The zero-order chi connectivity index (χ0) is 18.4. The molecule has 0 heterocycles. The van der Waals surface area contributed by atoms with Crippen LogP contribution in [-0.2, 0) is 9.59 Å². The number of carbonyl (C=O) groups is 2. The van der Waals surface area contributed by atoms with Gasteiger partial charge in [-0.2, -0.15) is 0 Å². The Labute approximate surface area is 145 Å². The monoisotopic (exact) mass is 345 g/mol. The van der Waals surface area contributed by atoms with Crippen LogP contribution in [-0.4, -0.2) is 18.4 Å². The van der Waals surface area contributed by atoms with Gasteiger partial charge in [-0.1, -0.05) is 18.2 Å². The first-order valence-corrected chi connectivity index (χ1v) is 7.65. The van der Waals surface area contributed by atoms with E-state index < -0.39 is 23.7 Å². The lowest BCUT2D eigenvalue weighted by molar-refractivity contribution is -0.125. The molecule has 0 aliphatic heterocycles. The molecule has 0 fully saturated rings. The van der Waals surface area contributed by atoms with Gasteiger partial charge in [-0.05, 0) is 54.8 Å². The van der Waals surface area contributed by atoms with E-state index in [2.05, 4.69) is 10.9 Å². The maximum Gasteiger partial charge on any atom is 0.272 e. The van der Waals surface area contributed by atoms with Gasteiger partial charge in [-0.25, -0.2) is 9.82 Å². The van der Waals surface area contributed by atoms with Crippen molar-refractivity contribution in [2.24, 2.45) is 5.73 Å². The maximum atomic E-state index is 13.0. The molecule has 0 saturated heterocycles. The molecule has 0 bridgehead atoms. The fraction of sp³-hybridized carbons (Fsp3) is 0.222. The lowest BCUT2D eigenvalue weighted by atomic mass is 10.1. The van der Waals surface area contributed by atoms with Crippen LogP contribution in [0.5, 0.6) is 5.75 Å². The van der Waals surface area contributed by atoms with Crippen LogP contribution in [0.1, 0.15) is 22.7 Å². The Hall–Kier alpha value is -2.93. The first-order valence-electron chi connectivity index (χ1n) is 7.65. The summed E-state index contributed by atoms with van der Waals surface area (Å²) in [5.74, 6) is -1.04. The lowest BCUT2D eigenvalue weighted by Crippen LogP contribution is -2.46. The minimum atomic E-state index is -0.981. The van der Waals surface area contributed by atoms with Gasteiger partial charge in [-0.3, -0.25) is 15.0 Å². The highest BCUT2D eigenvalue weighted by atomic mass is 19.1. The number of aryl methyl sites for hydroxylation is 2. The number of rotatable bonds is 7. The van der Waals surface area contributed by atoms with E-state index in [0.29, 0.717) is 11.3 Å². The number of amides is 2. The van der Waals surface area contributed by atoms with Crippen LogP contribution in [0.15, 0.2) is 42.5 Å². The van der Waals surface area contributed by atoms with E-state index in [-0.39, 0.29) is 6.61 Å². The van der Waals surface area contributed by atoms with E-state index in [4.69, 9.17) is 10.5 Å². The van der Waals surface area contributed by atoms with Gasteiger partial charge in [0.15, 0.2) is 6.61 Å². The second kappa shape index (κ2) is 8.25. The van der Waals surface area contributed by atoms with Crippen molar-refractivity contribution >= 4 is 11.8 Å². The van der Waals surface area contributed by atoms with Gasteiger partial charge in [0.2, 0.25) is 5.91 Å². The number of primary amides is 1. The maximum absolute atomic E-state index is 13.0. The van der Waals surface area contributed by atoms with Crippen molar-refractivity contribution < 1.29 is 18.7 Å². The van der Waals surface area contributed by atoms with Crippen molar-refractivity contribution in [3.8, 4) is 5.75 Å². The largest absolute Gasteiger partial charge is 0.484 e. The van der Waals surface area contributed by atoms with Crippen molar-refractivity contribution in [2.45, 2.75) is 19.9 Å². The number of hydrogen-bond acceptors (Lipinski definition) is 4. The molecule has 132 valence electrons. The number of carbonyl (C=O) groups excluding carboxylic acids is 2. The summed E-state index contributed by atoms with van der Waals surface area (Å²) in [6, 6.07) is 9.89. The summed E-state index contributed by atoms with van der Waals surface area (Å²) in [6.45, 7) is 3.63. The van der Waals surface area contributed by atoms with Crippen LogP contribution in [0.3, 0.4) is 0 Å². The van der Waals surface area contributed by atoms with Crippen LogP contribution in [0.2, 0.25) is 0 Å². The molecule has 2 aromatic rings. The van der Waals surface area contributed by atoms with Gasteiger partial charge in [0, 0.05) is 0 Å². The second-order valence-corrected chi connectivity index (χ2v) is 5.69. The standard InChI is InChI=1S/C18H20FN3O3/c1-11-7-12(2)9-15(8-11)25-10-16(23)21-22-17(18(20)24)13-3-5-14(19)6-4-13/h3-9,17,22H,10H2,1-2H3,(H2,20,24)(H,21,23). The molecule has 2 amide bonds. The molecule has 0 aromatic heterocycles. The molecule has 0 aliphatic rings. The summed E-state index contributed by atoms with van der Waals surface area (Å²) in [7, 11) is 0. The third-order valence-corrected chi connectivity index (χ3v) is 3.41. The van der Waals surface area contributed by atoms with Gasteiger partial charge >= 0.3 is 0 Å². The predicted molar refractivity (Wildman–Crippen MR) is 91.0 cm³/mol. The Kier molecular flexibility index (Phi) is 6.08. The van der Waals surface area contributed by atoms with Crippen LogP contribution in [0.25, 0.3) is 0 Å². The number of nitrogens with two attached hydrogens (primary N) is 1. The van der Waals surface area contributed by atoms with E-state index in [1.165, 1.54) is 24.3 Å². The fourth-order valence-corrected chi connectivity index (χ4v) is 2.33. The summed E-state index contributed by atoms with van der Waals surface area (Å²) < 4.78 is 18.4. The van der Waals surface area contributed by atoms with Crippen LogP contribution in [0.4, 0.5) is 4.39 Å². The minimum Gasteiger partial charge on any atom is -0.484 e. The molecule has 0 saturated carbocycles. The Morgan fingerprint density at radius 3 is 2.28 bits per heavy atom. The average Bonchev–Trinajstić information content (AvgIpc) is 2.53. The van der Waals surface area contributed by atoms with E-state index in [1.807, 2.05) is 32.0 Å². The first-order chi connectivity index (χ1) is 11.8. The summed E-state index contributed by atoms with van der Waals surface area (Å²) >= 11 is 0. The van der Waals surface area contributed by atoms with Gasteiger partial charge in [0.05, 0.1) is 0 Å². The molecule has 4 N–H and O–H groups in total. The molecule has 1 unspecified atom stereocenters. The van der Waals surface area contributed by atoms with Gasteiger partial charge in [0.1, 0.15) is 17.6 Å². The number of ether oxygens (including phenoxy) is 1. The Morgan fingerprint density at radius 2 is 1.72 bits per heavy atom. The molecule has 2 rings (SSSR count). The number of hydrazine groups is 1. The van der Waals surface area contributed by atoms with Crippen molar-refractivity contribution in [1.29, 1.82) is 0 Å².